The van der Waals surface area contributed by atoms with E-state index in [-0.39, 0.29) is 5.56 Å². The average molecular weight is 561 g/mol. The minimum absolute atomic E-state index is 0.262. The molecule has 1 aliphatic heterocycles. The lowest BCUT2D eigenvalue weighted by Gasteiger charge is -2.33. The van der Waals surface area contributed by atoms with Gasteiger partial charge >= 0.3 is 5.97 Å². The molecule has 0 N–H and O–H groups in total. The molecule has 2 atom stereocenters. The zero-order chi connectivity index (χ0) is 29.1. The van der Waals surface area contributed by atoms with Gasteiger partial charge in [-0.15, -0.1) is 0 Å². The highest BCUT2D eigenvalue weighted by molar-refractivity contribution is 5.92. The number of fused-ring (bicyclic) bond motifs is 3. The molecule has 0 saturated heterocycles. The normalized spacial score (nSPS) is 15.8. The highest BCUT2D eigenvalue weighted by Gasteiger charge is 2.35. The molecule has 4 aromatic rings. The first-order valence-electron chi connectivity index (χ1n) is 12.9. The number of esters is 1. The van der Waals surface area contributed by atoms with Gasteiger partial charge in [-0.25, -0.2) is 4.79 Å². The van der Waals surface area contributed by atoms with Crippen LogP contribution < -0.4 is 33.2 Å². The zero-order valence-corrected chi connectivity index (χ0v) is 23.8. The summed E-state index contributed by atoms with van der Waals surface area (Å²) < 4.78 is 45.7. The molecule has 0 aromatic heterocycles. The van der Waals surface area contributed by atoms with Crippen LogP contribution >= 0.6 is 0 Å². The van der Waals surface area contributed by atoms with Crippen molar-refractivity contribution >= 4 is 16.7 Å². The number of carbonyl (C=O) groups excluding carboxylic acids is 1. The molecule has 1 heterocycles. The van der Waals surface area contributed by atoms with Gasteiger partial charge in [-0.05, 0) is 29.7 Å². The van der Waals surface area contributed by atoms with E-state index in [4.69, 9.17) is 37.9 Å². The van der Waals surface area contributed by atoms with Crippen molar-refractivity contribution in [1.29, 1.82) is 0 Å². The summed E-state index contributed by atoms with van der Waals surface area (Å²) >= 11 is 0. The molecular formula is C32H32O9. The molecular weight excluding hydrogens is 528 g/mol. The third-order valence-electron chi connectivity index (χ3n) is 7.15. The van der Waals surface area contributed by atoms with E-state index in [1.807, 2.05) is 48.5 Å². The van der Waals surface area contributed by atoms with Gasteiger partial charge < -0.3 is 37.9 Å². The third-order valence-corrected chi connectivity index (χ3v) is 7.15. The van der Waals surface area contributed by atoms with E-state index in [0.717, 1.165) is 21.9 Å². The maximum atomic E-state index is 13.6. The summed E-state index contributed by atoms with van der Waals surface area (Å²) in [5.74, 6) is 2.68. The first-order valence-corrected chi connectivity index (χ1v) is 12.9. The lowest BCUT2D eigenvalue weighted by Crippen LogP contribution is -2.23. The summed E-state index contributed by atoms with van der Waals surface area (Å²) in [4.78, 5) is 13.6. The summed E-state index contributed by atoms with van der Waals surface area (Å²) in [6.07, 6.45) is -0.765. The minimum Gasteiger partial charge on any atom is -0.493 e. The van der Waals surface area contributed by atoms with E-state index >= 15 is 0 Å². The van der Waals surface area contributed by atoms with Gasteiger partial charge in [-0.1, -0.05) is 36.4 Å². The second-order valence-electron chi connectivity index (χ2n) is 9.31. The molecule has 4 aromatic carbocycles. The number of benzene rings is 4. The first kappa shape index (κ1) is 27.8. The second kappa shape index (κ2) is 11.8. The fourth-order valence-corrected chi connectivity index (χ4v) is 5.16. The van der Waals surface area contributed by atoms with Crippen molar-refractivity contribution in [1.82, 2.24) is 0 Å². The van der Waals surface area contributed by atoms with Crippen molar-refractivity contribution in [3.8, 4) is 40.2 Å². The van der Waals surface area contributed by atoms with Crippen LogP contribution in [0.15, 0.2) is 60.7 Å². The van der Waals surface area contributed by atoms with Crippen LogP contribution in [0.5, 0.6) is 40.2 Å². The highest BCUT2D eigenvalue weighted by atomic mass is 16.6. The van der Waals surface area contributed by atoms with E-state index < -0.39 is 18.2 Å². The van der Waals surface area contributed by atoms with E-state index in [0.29, 0.717) is 46.7 Å². The molecule has 0 radical (unpaired) electrons. The molecule has 214 valence electrons. The Morgan fingerprint density at radius 3 is 1.83 bits per heavy atom. The Balaban J connectivity index is 1.58. The predicted molar refractivity (Wildman–Crippen MR) is 152 cm³/mol. The Morgan fingerprint density at radius 1 is 0.707 bits per heavy atom. The molecule has 0 fully saturated rings. The van der Waals surface area contributed by atoms with E-state index in [2.05, 4.69) is 0 Å². The Labute approximate surface area is 238 Å². The fraction of sp³-hybridized carbons (Fsp3) is 0.281. The summed E-state index contributed by atoms with van der Waals surface area (Å²) in [7, 11) is 9.17. The van der Waals surface area contributed by atoms with E-state index in [1.54, 1.807) is 33.5 Å². The smallest absolute Gasteiger partial charge is 0.339 e. The molecule has 0 amide bonds. The van der Waals surface area contributed by atoms with Crippen LogP contribution in [-0.2, 0) is 4.74 Å². The lowest BCUT2D eigenvalue weighted by molar-refractivity contribution is 0.00718. The first-order chi connectivity index (χ1) is 20.0. The van der Waals surface area contributed by atoms with Crippen molar-refractivity contribution in [3.63, 3.8) is 0 Å². The van der Waals surface area contributed by atoms with Gasteiger partial charge in [-0.2, -0.15) is 0 Å². The van der Waals surface area contributed by atoms with Crippen LogP contribution in [0.3, 0.4) is 0 Å². The van der Waals surface area contributed by atoms with Gasteiger partial charge in [0.25, 0.3) is 0 Å². The van der Waals surface area contributed by atoms with Crippen molar-refractivity contribution in [2.24, 2.45) is 0 Å². The molecule has 9 heteroatoms. The Kier molecular flexibility index (Phi) is 7.96. The van der Waals surface area contributed by atoms with Crippen molar-refractivity contribution in [2.75, 3.05) is 42.7 Å². The number of methoxy groups -OCH3 is 6. The topological polar surface area (TPSA) is 90.9 Å². The maximum Gasteiger partial charge on any atom is 0.339 e. The molecule has 9 nitrogen and oxygen atoms in total. The van der Waals surface area contributed by atoms with Crippen molar-refractivity contribution < 1.29 is 42.7 Å². The van der Waals surface area contributed by atoms with Gasteiger partial charge in [0.05, 0.1) is 48.2 Å². The average Bonchev–Trinajstić information content (AvgIpc) is 3.02. The molecule has 2 unspecified atom stereocenters. The SMILES string of the molecule is COc1cc(C(=O)OC2CC(c3cc(OC)c(OC)c(OC)c3)Oc3c2ccc2ccccc32)cc(OC)c1OC. The second-order valence-corrected chi connectivity index (χ2v) is 9.31. The lowest BCUT2D eigenvalue weighted by atomic mass is 9.92. The zero-order valence-electron chi connectivity index (χ0n) is 23.8. The van der Waals surface area contributed by atoms with Crippen LogP contribution in [0.4, 0.5) is 0 Å². The van der Waals surface area contributed by atoms with Gasteiger partial charge in [0.15, 0.2) is 23.0 Å². The van der Waals surface area contributed by atoms with Crippen LogP contribution in [0, 0.1) is 0 Å². The van der Waals surface area contributed by atoms with Gasteiger partial charge in [0.2, 0.25) is 11.5 Å². The minimum atomic E-state index is -0.626. The number of ether oxygens (including phenoxy) is 8. The largest absolute Gasteiger partial charge is 0.493 e. The summed E-state index contributed by atoms with van der Waals surface area (Å²) in [6, 6.07) is 18.7. The van der Waals surface area contributed by atoms with Crippen LogP contribution in [-0.4, -0.2) is 48.6 Å². The van der Waals surface area contributed by atoms with E-state index in [1.165, 1.54) is 21.3 Å². The van der Waals surface area contributed by atoms with Crippen LogP contribution in [0.1, 0.15) is 40.1 Å². The molecule has 0 aliphatic carbocycles. The quantitative estimate of drug-likeness (QED) is 0.218. The highest BCUT2D eigenvalue weighted by Crippen LogP contribution is 2.49. The van der Waals surface area contributed by atoms with Crippen LogP contribution in [0.2, 0.25) is 0 Å². The van der Waals surface area contributed by atoms with Gasteiger partial charge in [0.1, 0.15) is 18.0 Å². The third kappa shape index (κ3) is 5.11. The van der Waals surface area contributed by atoms with Crippen molar-refractivity contribution in [3.05, 3.63) is 77.4 Å². The number of hydrogen-bond donors (Lipinski definition) is 0. The number of carbonyl (C=O) groups is 1. The fourth-order valence-electron chi connectivity index (χ4n) is 5.16. The molecule has 0 bridgehead atoms. The molecule has 5 rings (SSSR count). The summed E-state index contributed by atoms with van der Waals surface area (Å²) in [5.41, 5.74) is 1.82. The number of hydrogen-bond acceptors (Lipinski definition) is 9. The summed E-state index contributed by atoms with van der Waals surface area (Å²) in [5, 5.41) is 1.92. The predicted octanol–water partition coefficient (Wildman–Crippen LogP) is 6.31. The molecule has 0 saturated carbocycles. The van der Waals surface area contributed by atoms with Gasteiger partial charge in [-0.3, -0.25) is 0 Å². The maximum absolute atomic E-state index is 13.6. The van der Waals surface area contributed by atoms with Gasteiger partial charge in [0, 0.05) is 22.9 Å². The molecule has 0 spiro atoms. The van der Waals surface area contributed by atoms with E-state index in [9.17, 15) is 4.79 Å². The summed E-state index contributed by atoms with van der Waals surface area (Å²) in [6.45, 7) is 0. The number of rotatable bonds is 9. The van der Waals surface area contributed by atoms with Crippen LogP contribution in [0.25, 0.3) is 10.8 Å². The molecule has 41 heavy (non-hydrogen) atoms. The molecule has 1 aliphatic rings. The van der Waals surface area contributed by atoms with Crippen molar-refractivity contribution in [2.45, 2.75) is 18.6 Å². The Bertz CT molecular complexity index is 1530. The Hall–Kier alpha value is -4.79. The monoisotopic (exact) mass is 560 g/mol. The Morgan fingerprint density at radius 2 is 1.27 bits per heavy atom. The standard InChI is InChI=1S/C32H32O9/c1-34-25-13-19(14-26(35-2)30(25)38-5)23-17-24(22-12-11-18-9-7-8-10-21(18)29(22)40-23)41-32(33)20-15-27(36-3)31(39-6)28(16-20)37-4/h7-16,23-24H,17H2,1-6H3.